The first kappa shape index (κ1) is 15.0. The van der Waals surface area contributed by atoms with Gasteiger partial charge in [-0.05, 0) is 17.5 Å². The van der Waals surface area contributed by atoms with Crippen LogP contribution in [0.1, 0.15) is 17.5 Å². The Morgan fingerprint density at radius 1 is 1.30 bits per heavy atom. The lowest BCUT2D eigenvalue weighted by molar-refractivity contribution is -0.130. The van der Waals surface area contributed by atoms with E-state index in [9.17, 15) is 13.2 Å². The Bertz CT molecular complexity index is 581. The number of benzene rings is 1. The Kier molecular flexibility index (Phi) is 4.45. The molecule has 5 nitrogen and oxygen atoms in total. The van der Waals surface area contributed by atoms with E-state index in [1.165, 1.54) is 0 Å². The van der Waals surface area contributed by atoms with E-state index in [1.54, 1.807) is 11.9 Å². The lowest BCUT2D eigenvalue weighted by atomic mass is 10.1. The summed E-state index contributed by atoms with van der Waals surface area (Å²) in [5.74, 6) is 0.217. The SMILES string of the molecule is CN(C(=O)Cc1ccc(CN)cc1)C1CCS(=O)(=O)C1. The molecule has 20 heavy (non-hydrogen) atoms. The van der Waals surface area contributed by atoms with Crippen LogP contribution in [-0.4, -0.2) is 43.8 Å². The Morgan fingerprint density at radius 3 is 2.40 bits per heavy atom. The minimum Gasteiger partial charge on any atom is -0.341 e. The molecule has 6 heteroatoms. The Labute approximate surface area is 119 Å². The minimum absolute atomic E-state index is 0.0485. The fraction of sp³-hybridized carbons (Fsp3) is 0.500. The summed E-state index contributed by atoms with van der Waals surface area (Å²) in [4.78, 5) is 13.7. The van der Waals surface area contributed by atoms with Gasteiger partial charge in [0.15, 0.2) is 9.84 Å². The number of hydrogen-bond donors (Lipinski definition) is 1. The van der Waals surface area contributed by atoms with Crippen molar-refractivity contribution in [1.29, 1.82) is 0 Å². The van der Waals surface area contributed by atoms with E-state index >= 15 is 0 Å². The summed E-state index contributed by atoms with van der Waals surface area (Å²) >= 11 is 0. The van der Waals surface area contributed by atoms with Gasteiger partial charge in [-0.3, -0.25) is 4.79 Å². The number of nitrogens with zero attached hydrogens (tertiary/aromatic N) is 1. The van der Waals surface area contributed by atoms with Crippen LogP contribution in [-0.2, 0) is 27.6 Å². The van der Waals surface area contributed by atoms with Gasteiger partial charge in [-0.25, -0.2) is 8.42 Å². The van der Waals surface area contributed by atoms with Gasteiger partial charge in [0.1, 0.15) is 0 Å². The third-order valence-electron chi connectivity index (χ3n) is 3.76. The van der Waals surface area contributed by atoms with E-state index in [-0.39, 0.29) is 29.9 Å². The first-order valence-electron chi connectivity index (χ1n) is 6.65. The number of sulfone groups is 1. The second-order valence-electron chi connectivity index (χ2n) is 5.26. The third-order valence-corrected chi connectivity index (χ3v) is 5.51. The van der Waals surface area contributed by atoms with E-state index in [1.807, 2.05) is 24.3 Å². The molecule has 110 valence electrons. The quantitative estimate of drug-likeness (QED) is 0.868. The van der Waals surface area contributed by atoms with Crippen molar-refractivity contribution in [3.8, 4) is 0 Å². The zero-order valence-electron chi connectivity index (χ0n) is 11.6. The average molecular weight is 296 g/mol. The summed E-state index contributed by atoms with van der Waals surface area (Å²) < 4.78 is 22.9. The molecular weight excluding hydrogens is 276 g/mol. The molecule has 1 aromatic rings. The minimum atomic E-state index is -2.96. The van der Waals surface area contributed by atoms with Crippen LogP contribution in [0.25, 0.3) is 0 Å². The summed E-state index contributed by atoms with van der Waals surface area (Å²) in [5, 5.41) is 0. The average Bonchev–Trinajstić information content (AvgIpc) is 2.79. The van der Waals surface area contributed by atoms with E-state index in [0.717, 1.165) is 11.1 Å². The van der Waals surface area contributed by atoms with Gasteiger partial charge in [-0.15, -0.1) is 0 Å². The number of rotatable bonds is 4. The molecule has 1 fully saturated rings. The van der Waals surface area contributed by atoms with Crippen molar-refractivity contribution in [2.24, 2.45) is 5.73 Å². The lowest BCUT2D eigenvalue weighted by Gasteiger charge is -2.23. The molecule has 0 radical (unpaired) electrons. The van der Waals surface area contributed by atoms with Crippen molar-refractivity contribution in [2.45, 2.75) is 25.4 Å². The van der Waals surface area contributed by atoms with Gasteiger partial charge in [0.25, 0.3) is 0 Å². The summed E-state index contributed by atoms with van der Waals surface area (Å²) in [6.45, 7) is 0.480. The van der Waals surface area contributed by atoms with Crippen LogP contribution >= 0.6 is 0 Å². The van der Waals surface area contributed by atoms with Gasteiger partial charge >= 0.3 is 0 Å². The highest BCUT2D eigenvalue weighted by Gasteiger charge is 2.32. The van der Waals surface area contributed by atoms with Crippen molar-refractivity contribution in [1.82, 2.24) is 4.90 Å². The maximum atomic E-state index is 12.2. The molecule has 0 spiro atoms. The van der Waals surface area contributed by atoms with Gasteiger partial charge < -0.3 is 10.6 Å². The van der Waals surface area contributed by atoms with E-state index in [2.05, 4.69) is 0 Å². The molecule has 0 aliphatic carbocycles. The van der Waals surface area contributed by atoms with Gasteiger partial charge in [-0.2, -0.15) is 0 Å². The van der Waals surface area contributed by atoms with Gasteiger partial charge in [0.05, 0.1) is 17.9 Å². The largest absolute Gasteiger partial charge is 0.341 e. The molecule has 1 saturated heterocycles. The fourth-order valence-corrected chi connectivity index (χ4v) is 4.15. The normalized spacial score (nSPS) is 20.8. The predicted molar refractivity (Wildman–Crippen MR) is 77.9 cm³/mol. The second-order valence-corrected chi connectivity index (χ2v) is 7.49. The summed E-state index contributed by atoms with van der Waals surface area (Å²) in [6.07, 6.45) is 0.828. The lowest BCUT2D eigenvalue weighted by Crippen LogP contribution is -2.38. The van der Waals surface area contributed by atoms with Crippen LogP contribution < -0.4 is 5.73 Å². The molecule has 1 aliphatic rings. The van der Waals surface area contributed by atoms with Crippen molar-refractivity contribution in [2.75, 3.05) is 18.6 Å². The van der Waals surface area contributed by atoms with Crippen molar-refractivity contribution < 1.29 is 13.2 Å². The molecule has 1 amide bonds. The standard InChI is InChI=1S/C14H20N2O3S/c1-16(13-6-7-20(18,19)10-13)14(17)8-11-2-4-12(9-15)5-3-11/h2-5,13H,6-10,15H2,1H3. The van der Waals surface area contributed by atoms with Gasteiger partial charge in [-0.1, -0.05) is 24.3 Å². The highest BCUT2D eigenvalue weighted by atomic mass is 32.2. The molecular formula is C14H20N2O3S. The maximum Gasteiger partial charge on any atom is 0.227 e. The highest BCUT2D eigenvalue weighted by Crippen LogP contribution is 2.17. The second kappa shape index (κ2) is 5.93. The number of hydrogen-bond acceptors (Lipinski definition) is 4. The molecule has 2 rings (SSSR count). The van der Waals surface area contributed by atoms with Crippen LogP contribution in [0, 0.1) is 0 Å². The van der Waals surface area contributed by atoms with Crippen LogP contribution in [0.4, 0.5) is 0 Å². The Hall–Kier alpha value is -1.40. The van der Waals surface area contributed by atoms with Gasteiger partial charge in [0, 0.05) is 19.6 Å². The highest BCUT2D eigenvalue weighted by molar-refractivity contribution is 7.91. The van der Waals surface area contributed by atoms with E-state index in [0.29, 0.717) is 13.0 Å². The summed E-state index contributed by atoms with van der Waals surface area (Å²) in [7, 11) is -1.28. The number of carbonyl (C=O) groups is 1. The van der Waals surface area contributed by atoms with Crippen molar-refractivity contribution in [3.63, 3.8) is 0 Å². The number of nitrogens with two attached hydrogens (primary N) is 1. The van der Waals surface area contributed by atoms with Crippen molar-refractivity contribution >= 4 is 15.7 Å². The number of likely N-dealkylation sites (N-methyl/N-ethyl adjacent to an activating group) is 1. The summed E-state index contributed by atoms with van der Waals surface area (Å²) in [6, 6.07) is 7.40. The topological polar surface area (TPSA) is 80.5 Å². The summed E-state index contributed by atoms with van der Waals surface area (Å²) in [5.41, 5.74) is 7.47. The molecule has 1 atom stereocenters. The zero-order chi connectivity index (χ0) is 14.8. The van der Waals surface area contributed by atoms with Crippen LogP contribution in [0.2, 0.25) is 0 Å². The maximum absolute atomic E-state index is 12.2. The first-order chi connectivity index (χ1) is 9.41. The first-order valence-corrected chi connectivity index (χ1v) is 8.47. The molecule has 1 aliphatic heterocycles. The molecule has 1 unspecified atom stereocenters. The molecule has 1 heterocycles. The Morgan fingerprint density at radius 2 is 1.90 bits per heavy atom. The predicted octanol–water partition coefficient (Wildman–Crippen LogP) is 0.333. The molecule has 0 bridgehead atoms. The Balaban J connectivity index is 1.97. The van der Waals surface area contributed by atoms with Crippen LogP contribution in [0.15, 0.2) is 24.3 Å². The molecule has 0 saturated carbocycles. The molecule has 1 aromatic carbocycles. The molecule has 0 aromatic heterocycles. The van der Waals surface area contributed by atoms with E-state index in [4.69, 9.17) is 5.73 Å². The third kappa shape index (κ3) is 3.58. The zero-order valence-corrected chi connectivity index (χ0v) is 12.4. The fourth-order valence-electron chi connectivity index (χ4n) is 2.38. The van der Waals surface area contributed by atoms with Crippen LogP contribution in [0.5, 0.6) is 0 Å². The van der Waals surface area contributed by atoms with E-state index < -0.39 is 9.84 Å². The van der Waals surface area contributed by atoms with Crippen molar-refractivity contribution in [3.05, 3.63) is 35.4 Å². The number of amides is 1. The van der Waals surface area contributed by atoms with Crippen LogP contribution in [0.3, 0.4) is 0 Å². The molecule has 2 N–H and O–H groups in total. The smallest absolute Gasteiger partial charge is 0.227 e. The monoisotopic (exact) mass is 296 g/mol. The number of carbonyl (C=O) groups excluding carboxylic acids is 1. The van der Waals surface area contributed by atoms with Gasteiger partial charge in [0.2, 0.25) is 5.91 Å².